The van der Waals surface area contributed by atoms with Gasteiger partial charge < -0.3 is 0 Å². The lowest BCUT2D eigenvalue weighted by Crippen LogP contribution is -2.37. The Bertz CT molecular complexity index is 1200. The van der Waals surface area contributed by atoms with Crippen LogP contribution in [0.3, 0.4) is 0 Å². The molecule has 3 aromatic carbocycles. The van der Waals surface area contributed by atoms with Gasteiger partial charge in [-0.15, -0.1) is 0 Å². The van der Waals surface area contributed by atoms with Crippen molar-refractivity contribution in [3.05, 3.63) is 97.6 Å². The van der Waals surface area contributed by atoms with Crippen molar-refractivity contribution >= 4 is 28.3 Å². The largest absolute Gasteiger partial charge is 0.270 e. The summed E-state index contributed by atoms with van der Waals surface area (Å²) in [6.45, 7) is -0.679. The maximum atomic E-state index is 13.0. The van der Waals surface area contributed by atoms with Crippen LogP contribution in [-0.4, -0.2) is 33.1 Å². The molecule has 1 atom stereocenters. The Balaban J connectivity index is 1.86. The van der Waals surface area contributed by atoms with Gasteiger partial charge in [-0.3, -0.25) is 34.7 Å². The summed E-state index contributed by atoms with van der Waals surface area (Å²) in [7, 11) is 0. The number of imide groups is 1. The van der Waals surface area contributed by atoms with Gasteiger partial charge in [-0.05, 0) is 22.4 Å². The molecule has 9 nitrogen and oxygen atoms in total. The van der Waals surface area contributed by atoms with E-state index in [1.165, 1.54) is 6.07 Å². The summed E-state index contributed by atoms with van der Waals surface area (Å²) in [5.74, 6) is -1.49. The molecule has 0 bridgehead atoms. The summed E-state index contributed by atoms with van der Waals surface area (Å²) in [6, 6.07) is 14.6. The van der Waals surface area contributed by atoms with Crippen LogP contribution in [0.1, 0.15) is 32.3 Å². The highest BCUT2D eigenvalue weighted by Crippen LogP contribution is 2.36. The SMILES string of the molecule is O=C1c2ccc([N+](=O)[O-])cc2C(=O)N1C(C[N+](=O)[O-])c1cccc2ccccc12. The standard InChI is InChI=1S/C20H13N3O6/c24-19-16-9-8-13(23(28)29)10-17(16)20(25)22(19)18(11-21(26)27)15-7-3-5-12-4-1-2-6-14(12)15/h1-10,18H,11H2. The molecule has 2 amide bonds. The predicted molar refractivity (Wildman–Crippen MR) is 102 cm³/mol. The fourth-order valence-corrected chi connectivity index (χ4v) is 3.65. The number of nitro groups is 2. The van der Waals surface area contributed by atoms with E-state index in [0.29, 0.717) is 10.9 Å². The normalized spacial score (nSPS) is 14.1. The number of nitro benzene ring substituents is 1. The highest BCUT2D eigenvalue weighted by atomic mass is 16.6. The Morgan fingerprint density at radius 1 is 0.862 bits per heavy atom. The van der Waals surface area contributed by atoms with Crippen molar-refractivity contribution in [1.82, 2.24) is 4.90 Å². The van der Waals surface area contributed by atoms with E-state index in [9.17, 15) is 29.8 Å². The number of hydrogen-bond donors (Lipinski definition) is 0. The number of carbonyl (C=O) groups excluding carboxylic acids is 2. The molecule has 0 N–H and O–H groups in total. The van der Waals surface area contributed by atoms with Gasteiger partial charge in [0, 0.05) is 17.1 Å². The van der Waals surface area contributed by atoms with E-state index in [-0.39, 0.29) is 16.8 Å². The first kappa shape index (κ1) is 18.2. The van der Waals surface area contributed by atoms with Crippen LogP contribution in [0.4, 0.5) is 5.69 Å². The van der Waals surface area contributed by atoms with Crippen molar-refractivity contribution in [2.45, 2.75) is 6.04 Å². The number of fused-ring (bicyclic) bond motifs is 2. The van der Waals surface area contributed by atoms with Crippen LogP contribution in [-0.2, 0) is 0 Å². The molecule has 1 aliphatic rings. The Morgan fingerprint density at radius 2 is 1.55 bits per heavy atom. The zero-order valence-electron chi connectivity index (χ0n) is 14.8. The molecule has 0 aliphatic carbocycles. The minimum Gasteiger partial charge on any atom is -0.269 e. The third kappa shape index (κ3) is 2.98. The molecule has 144 valence electrons. The van der Waals surface area contributed by atoms with Gasteiger partial charge in [0.05, 0.1) is 16.1 Å². The quantitative estimate of drug-likeness (QED) is 0.373. The Hall–Kier alpha value is -4.14. The zero-order valence-corrected chi connectivity index (χ0v) is 14.8. The van der Waals surface area contributed by atoms with Gasteiger partial charge in [0.1, 0.15) is 6.04 Å². The van der Waals surface area contributed by atoms with Crippen molar-refractivity contribution in [3.8, 4) is 0 Å². The smallest absolute Gasteiger partial charge is 0.269 e. The molecule has 4 rings (SSSR count). The second kappa shape index (κ2) is 6.79. The molecule has 0 saturated carbocycles. The van der Waals surface area contributed by atoms with Crippen LogP contribution in [0.15, 0.2) is 60.7 Å². The predicted octanol–water partition coefficient (Wildman–Crippen LogP) is 3.36. The highest BCUT2D eigenvalue weighted by molar-refractivity contribution is 6.22. The minimum atomic E-state index is -1.15. The third-order valence-corrected chi connectivity index (χ3v) is 4.93. The Labute approximate surface area is 163 Å². The van der Waals surface area contributed by atoms with Gasteiger partial charge >= 0.3 is 0 Å². The third-order valence-electron chi connectivity index (χ3n) is 4.93. The molecule has 0 spiro atoms. The molecular weight excluding hydrogens is 378 g/mol. The van der Waals surface area contributed by atoms with E-state index < -0.39 is 34.2 Å². The fraction of sp³-hybridized carbons (Fsp3) is 0.100. The molecule has 0 radical (unpaired) electrons. The van der Waals surface area contributed by atoms with Gasteiger partial charge in [-0.2, -0.15) is 0 Å². The first-order valence-electron chi connectivity index (χ1n) is 8.64. The molecule has 3 aromatic rings. The fourth-order valence-electron chi connectivity index (χ4n) is 3.65. The lowest BCUT2D eigenvalue weighted by atomic mass is 9.97. The molecule has 29 heavy (non-hydrogen) atoms. The van der Waals surface area contributed by atoms with Gasteiger partial charge in [-0.25, -0.2) is 0 Å². The molecular formula is C20H13N3O6. The number of non-ortho nitro benzene ring substituents is 1. The Kier molecular flexibility index (Phi) is 4.27. The van der Waals surface area contributed by atoms with E-state index in [1.807, 2.05) is 18.2 Å². The summed E-state index contributed by atoms with van der Waals surface area (Å²) < 4.78 is 0. The van der Waals surface area contributed by atoms with Gasteiger partial charge in [-0.1, -0.05) is 42.5 Å². The monoisotopic (exact) mass is 391 g/mol. The maximum absolute atomic E-state index is 13.0. The van der Waals surface area contributed by atoms with Crippen molar-refractivity contribution < 1.29 is 19.4 Å². The second-order valence-electron chi connectivity index (χ2n) is 6.57. The number of amides is 2. The van der Waals surface area contributed by atoms with Gasteiger partial charge in [0.15, 0.2) is 0 Å². The van der Waals surface area contributed by atoms with E-state index in [1.54, 1.807) is 24.3 Å². The summed E-state index contributed by atoms with van der Waals surface area (Å²) in [6.07, 6.45) is 0. The van der Waals surface area contributed by atoms with Crippen molar-refractivity contribution in [3.63, 3.8) is 0 Å². The average Bonchev–Trinajstić information content (AvgIpc) is 2.95. The molecule has 1 unspecified atom stereocenters. The van der Waals surface area contributed by atoms with Gasteiger partial charge in [0.25, 0.3) is 17.5 Å². The van der Waals surface area contributed by atoms with Crippen LogP contribution >= 0.6 is 0 Å². The summed E-state index contributed by atoms with van der Waals surface area (Å²) >= 11 is 0. The van der Waals surface area contributed by atoms with E-state index in [2.05, 4.69) is 0 Å². The first-order chi connectivity index (χ1) is 13.9. The van der Waals surface area contributed by atoms with Crippen LogP contribution in [0.2, 0.25) is 0 Å². The Morgan fingerprint density at radius 3 is 2.28 bits per heavy atom. The molecule has 1 aliphatic heterocycles. The van der Waals surface area contributed by atoms with E-state index >= 15 is 0 Å². The molecule has 1 heterocycles. The van der Waals surface area contributed by atoms with Crippen LogP contribution < -0.4 is 0 Å². The van der Waals surface area contributed by atoms with Crippen molar-refractivity contribution in [1.29, 1.82) is 0 Å². The second-order valence-corrected chi connectivity index (χ2v) is 6.57. The number of rotatable bonds is 5. The molecule has 0 saturated heterocycles. The minimum absolute atomic E-state index is 0.00538. The number of hydrogen-bond acceptors (Lipinski definition) is 6. The summed E-state index contributed by atoms with van der Waals surface area (Å²) in [5, 5.41) is 23.9. The molecule has 9 heteroatoms. The van der Waals surface area contributed by atoms with Crippen LogP contribution in [0.25, 0.3) is 10.8 Å². The zero-order chi connectivity index (χ0) is 20.7. The molecule has 0 fully saturated rings. The topological polar surface area (TPSA) is 124 Å². The lowest BCUT2D eigenvalue weighted by Gasteiger charge is -2.24. The van der Waals surface area contributed by atoms with Crippen LogP contribution in [0.5, 0.6) is 0 Å². The van der Waals surface area contributed by atoms with Crippen molar-refractivity contribution in [2.24, 2.45) is 0 Å². The highest BCUT2D eigenvalue weighted by Gasteiger charge is 2.43. The number of carbonyl (C=O) groups is 2. The number of benzene rings is 3. The lowest BCUT2D eigenvalue weighted by molar-refractivity contribution is -0.486. The summed E-state index contributed by atoms with van der Waals surface area (Å²) in [5.41, 5.74) is -0.00138. The van der Waals surface area contributed by atoms with Crippen LogP contribution in [0, 0.1) is 20.2 Å². The summed E-state index contributed by atoms with van der Waals surface area (Å²) in [4.78, 5) is 47.9. The van der Waals surface area contributed by atoms with E-state index in [4.69, 9.17) is 0 Å². The van der Waals surface area contributed by atoms with Gasteiger partial charge in [0.2, 0.25) is 6.54 Å². The van der Waals surface area contributed by atoms with Crippen molar-refractivity contribution in [2.75, 3.05) is 6.54 Å². The first-order valence-corrected chi connectivity index (χ1v) is 8.64. The molecule has 0 aromatic heterocycles. The number of nitrogens with zero attached hydrogens (tertiary/aromatic N) is 3. The van der Waals surface area contributed by atoms with E-state index in [0.717, 1.165) is 22.4 Å². The maximum Gasteiger partial charge on any atom is 0.270 e. The average molecular weight is 391 g/mol.